The van der Waals surface area contributed by atoms with Gasteiger partial charge in [-0.25, -0.2) is 27.0 Å². The molecule has 1 unspecified atom stereocenters. The summed E-state index contributed by atoms with van der Waals surface area (Å²) in [5.74, 6) is -1.95. The molecular formula is C19H13ClF2N2O4S. The second kappa shape index (κ2) is 8.14. The third-order valence-electron chi connectivity index (χ3n) is 3.97. The molecule has 0 aliphatic heterocycles. The smallest absolute Gasteiger partial charge is 0.410 e. The van der Waals surface area contributed by atoms with Crippen LogP contribution in [0.25, 0.3) is 0 Å². The number of hydrogen-bond acceptors (Lipinski definition) is 4. The molecule has 0 aliphatic rings. The van der Waals surface area contributed by atoms with E-state index in [1.54, 1.807) is 0 Å². The molecule has 29 heavy (non-hydrogen) atoms. The SMILES string of the molecule is O=C(O)Nc1cccc(C(c2cc(F)ccc2F)S(=O)(=O)c2ccc(Cl)cc2)n1. The minimum Gasteiger partial charge on any atom is -0.465 e. The maximum absolute atomic E-state index is 14.5. The Labute approximate surface area is 169 Å². The first-order valence-electron chi connectivity index (χ1n) is 8.10. The van der Waals surface area contributed by atoms with E-state index < -0.39 is 38.4 Å². The molecule has 0 radical (unpaired) electrons. The van der Waals surface area contributed by atoms with Gasteiger partial charge < -0.3 is 5.11 Å². The van der Waals surface area contributed by atoms with Gasteiger partial charge in [0.25, 0.3) is 0 Å². The topological polar surface area (TPSA) is 96.4 Å². The van der Waals surface area contributed by atoms with Crippen LogP contribution in [0.1, 0.15) is 16.5 Å². The van der Waals surface area contributed by atoms with E-state index in [9.17, 15) is 22.0 Å². The van der Waals surface area contributed by atoms with Gasteiger partial charge in [0.15, 0.2) is 9.84 Å². The summed E-state index contributed by atoms with van der Waals surface area (Å²) >= 11 is 5.81. The van der Waals surface area contributed by atoms with Crippen molar-refractivity contribution in [1.29, 1.82) is 0 Å². The second-order valence-corrected chi connectivity index (χ2v) is 8.39. The Morgan fingerprint density at radius 1 is 1.07 bits per heavy atom. The molecule has 0 spiro atoms. The lowest BCUT2D eigenvalue weighted by Gasteiger charge is -2.19. The molecule has 6 nitrogen and oxygen atoms in total. The van der Waals surface area contributed by atoms with Crippen molar-refractivity contribution in [2.24, 2.45) is 0 Å². The Balaban J connectivity index is 2.24. The fourth-order valence-corrected chi connectivity index (χ4v) is 4.62. The fourth-order valence-electron chi connectivity index (χ4n) is 2.74. The lowest BCUT2D eigenvalue weighted by Crippen LogP contribution is -2.19. The van der Waals surface area contributed by atoms with Crippen LogP contribution in [0.15, 0.2) is 65.6 Å². The lowest BCUT2D eigenvalue weighted by molar-refractivity contribution is 0.209. The van der Waals surface area contributed by atoms with Gasteiger partial charge in [0.2, 0.25) is 0 Å². The monoisotopic (exact) mass is 438 g/mol. The number of rotatable bonds is 5. The molecule has 0 aliphatic carbocycles. The van der Waals surface area contributed by atoms with Crippen LogP contribution < -0.4 is 5.32 Å². The zero-order valence-corrected chi connectivity index (χ0v) is 16.1. The Morgan fingerprint density at radius 2 is 1.76 bits per heavy atom. The van der Waals surface area contributed by atoms with Crippen molar-refractivity contribution in [2.45, 2.75) is 10.1 Å². The van der Waals surface area contributed by atoms with E-state index in [4.69, 9.17) is 16.7 Å². The van der Waals surface area contributed by atoms with Crippen molar-refractivity contribution in [3.63, 3.8) is 0 Å². The minimum absolute atomic E-state index is 0.164. The number of benzene rings is 2. The van der Waals surface area contributed by atoms with Crippen LogP contribution in [0.2, 0.25) is 5.02 Å². The molecule has 0 bridgehead atoms. The molecule has 150 valence electrons. The van der Waals surface area contributed by atoms with E-state index in [0.717, 1.165) is 18.2 Å². The molecule has 2 aromatic carbocycles. The van der Waals surface area contributed by atoms with E-state index in [0.29, 0.717) is 5.02 Å². The average Bonchev–Trinajstić information content (AvgIpc) is 2.65. The van der Waals surface area contributed by atoms with Crippen LogP contribution >= 0.6 is 11.6 Å². The number of carbonyl (C=O) groups is 1. The summed E-state index contributed by atoms with van der Waals surface area (Å²) in [4.78, 5) is 14.7. The van der Waals surface area contributed by atoms with Gasteiger partial charge in [0.1, 0.15) is 22.7 Å². The van der Waals surface area contributed by atoms with Gasteiger partial charge >= 0.3 is 6.09 Å². The van der Waals surface area contributed by atoms with Crippen molar-refractivity contribution >= 4 is 33.3 Å². The molecule has 2 N–H and O–H groups in total. The van der Waals surface area contributed by atoms with Crippen LogP contribution in [-0.2, 0) is 9.84 Å². The molecule has 0 saturated heterocycles. The summed E-state index contributed by atoms with van der Waals surface area (Å²) in [6, 6.07) is 11.6. The third-order valence-corrected chi connectivity index (χ3v) is 6.26. The predicted molar refractivity (Wildman–Crippen MR) is 103 cm³/mol. The van der Waals surface area contributed by atoms with Gasteiger partial charge in [0, 0.05) is 10.6 Å². The van der Waals surface area contributed by atoms with E-state index in [1.807, 2.05) is 5.32 Å². The molecule has 1 amide bonds. The maximum Gasteiger partial charge on any atom is 0.410 e. The van der Waals surface area contributed by atoms with Crippen molar-refractivity contribution in [2.75, 3.05) is 5.32 Å². The second-order valence-electron chi connectivity index (χ2n) is 5.92. The van der Waals surface area contributed by atoms with Crippen LogP contribution in [0.4, 0.5) is 19.4 Å². The first kappa shape index (κ1) is 20.7. The van der Waals surface area contributed by atoms with E-state index in [2.05, 4.69) is 4.98 Å². The summed E-state index contributed by atoms with van der Waals surface area (Å²) in [5, 5.41) is 9.44. The number of sulfone groups is 1. The first-order chi connectivity index (χ1) is 13.7. The van der Waals surface area contributed by atoms with Crippen LogP contribution in [0.3, 0.4) is 0 Å². The number of hydrogen-bond donors (Lipinski definition) is 2. The standard InChI is InChI=1S/C19H13ClF2N2O4S/c20-11-4-7-13(8-5-11)29(27,28)18(14-10-12(21)6-9-15(14)22)16-2-1-3-17(23-16)24-19(25)26/h1-10,18H,(H,23,24)(H,25,26). The number of nitrogens with zero attached hydrogens (tertiary/aromatic N) is 1. The van der Waals surface area contributed by atoms with Crippen molar-refractivity contribution in [3.8, 4) is 0 Å². The Kier molecular flexibility index (Phi) is 5.81. The highest BCUT2D eigenvalue weighted by atomic mass is 35.5. The summed E-state index contributed by atoms with van der Waals surface area (Å²) in [6.45, 7) is 0. The predicted octanol–water partition coefficient (Wildman–Crippen LogP) is 4.67. The van der Waals surface area contributed by atoms with E-state index in [-0.39, 0.29) is 16.4 Å². The zero-order valence-electron chi connectivity index (χ0n) is 14.5. The third kappa shape index (κ3) is 4.52. The van der Waals surface area contributed by atoms with Gasteiger partial charge in [-0.05, 0) is 54.6 Å². The molecule has 1 heterocycles. The molecular weight excluding hydrogens is 426 g/mol. The highest BCUT2D eigenvalue weighted by molar-refractivity contribution is 7.91. The zero-order chi connectivity index (χ0) is 21.2. The highest BCUT2D eigenvalue weighted by Gasteiger charge is 2.34. The van der Waals surface area contributed by atoms with Crippen molar-refractivity contribution < 1.29 is 27.1 Å². The van der Waals surface area contributed by atoms with Gasteiger partial charge in [-0.2, -0.15) is 0 Å². The number of amides is 1. The summed E-state index contributed by atoms with van der Waals surface area (Å²) < 4.78 is 55.0. The van der Waals surface area contributed by atoms with Crippen LogP contribution in [0.5, 0.6) is 0 Å². The minimum atomic E-state index is -4.31. The van der Waals surface area contributed by atoms with Crippen molar-refractivity contribution in [3.05, 3.63) is 88.6 Å². The summed E-state index contributed by atoms with van der Waals surface area (Å²) in [6.07, 6.45) is -1.41. The molecule has 3 rings (SSSR count). The largest absolute Gasteiger partial charge is 0.465 e. The van der Waals surface area contributed by atoms with Crippen LogP contribution in [0, 0.1) is 11.6 Å². The number of aromatic nitrogens is 1. The van der Waals surface area contributed by atoms with E-state index >= 15 is 0 Å². The maximum atomic E-state index is 14.5. The number of halogens is 3. The molecule has 1 aromatic heterocycles. The first-order valence-corrected chi connectivity index (χ1v) is 10.0. The number of anilines is 1. The highest BCUT2D eigenvalue weighted by Crippen LogP contribution is 2.36. The van der Waals surface area contributed by atoms with E-state index in [1.165, 1.54) is 42.5 Å². The van der Waals surface area contributed by atoms with Gasteiger partial charge in [0.05, 0.1) is 10.6 Å². The average molecular weight is 439 g/mol. The van der Waals surface area contributed by atoms with Crippen LogP contribution in [-0.4, -0.2) is 24.6 Å². The Morgan fingerprint density at radius 3 is 2.41 bits per heavy atom. The number of nitrogens with one attached hydrogen (secondary N) is 1. The summed E-state index contributed by atoms with van der Waals surface area (Å²) in [5.41, 5.74) is -0.643. The van der Waals surface area contributed by atoms with Gasteiger partial charge in [-0.3, -0.25) is 5.32 Å². The molecule has 10 heteroatoms. The molecule has 3 aromatic rings. The van der Waals surface area contributed by atoms with Gasteiger partial charge in [-0.1, -0.05) is 17.7 Å². The molecule has 0 saturated carbocycles. The Hall–Kier alpha value is -3.04. The molecule has 1 atom stereocenters. The molecule has 0 fully saturated rings. The number of carboxylic acid groups (broad SMARTS) is 1. The van der Waals surface area contributed by atoms with Gasteiger partial charge in [-0.15, -0.1) is 0 Å². The fraction of sp³-hybridized carbons (Fsp3) is 0.0526. The Bertz CT molecular complexity index is 1170. The summed E-state index contributed by atoms with van der Waals surface area (Å²) in [7, 11) is -4.31. The lowest BCUT2D eigenvalue weighted by atomic mass is 10.1. The normalized spacial score (nSPS) is 12.4. The van der Waals surface area contributed by atoms with Crippen molar-refractivity contribution in [1.82, 2.24) is 4.98 Å². The number of pyridine rings is 1. The quantitative estimate of drug-likeness (QED) is 0.603.